The van der Waals surface area contributed by atoms with Gasteiger partial charge < -0.3 is 15.5 Å². The van der Waals surface area contributed by atoms with Crippen molar-refractivity contribution >= 4 is 17.6 Å². The van der Waals surface area contributed by atoms with Crippen LogP contribution in [0.4, 0.5) is 10.5 Å². The highest BCUT2D eigenvalue weighted by molar-refractivity contribution is 5.90. The van der Waals surface area contributed by atoms with Crippen LogP contribution < -0.4 is 10.6 Å². The van der Waals surface area contributed by atoms with Crippen LogP contribution in [-0.2, 0) is 4.79 Å². The van der Waals surface area contributed by atoms with Crippen LogP contribution in [0.1, 0.15) is 18.9 Å². The lowest BCUT2D eigenvalue weighted by Gasteiger charge is -2.15. The number of aryl methyl sites for hydroxylation is 1. The van der Waals surface area contributed by atoms with Gasteiger partial charge in [0.2, 0.25) is 5.91 Å². The van der Waals surface area contributed by atoms with Crippen LogP contribution in [0.15, 0.2) is 48.5 Å². The third-order valence-electron chi connectivity index (χ3n) is 4.46. The summed E-state index contributed by atoms with van der Waals surface area (Å²) in [5.74, 6) is 0.0928. The van der Waals surface area contributed by atoms with E-state index in [9.17, 15) is 9.59 Å². The molecule has 3 amide bonds. The minimum atomic E-state index is -0.279. The van der Waals surface area contributed by atoms with E-state index in [0.717, 1.165) is 16.8 Å². The Morgan fingerprint density at radius 1 is 1.08 bits per heavy atom. The Morgan fingerprint density at radius 2 is 1.68 bits per heavy atom. The number of likely N-dealkylation sites (tertiary alicyclic amines) is 1. The summed E-state index contributed by atoms with van der Waals surface area (Å²) >= 11 is 0. The molecule has 1 saturated heterocycles. The zero-order valence-electron chi connectivity index (χ0n) is 14.6. The fraction of sp³-hybridized carbons (Fsp3) is 0.300. The third kappa shape index (κ3) is 4.18. The van der Waals surface area contributed by atoms with Gasteiger partial charge in [0.15, 0.2) is 0 Å². The standard InChI is InChI=1S/C20H23N3O2/c1-3-23-13-18(12-19(23)24)22-20(25)21-17-10-8-16(9-11-17)15-6-4-14(2)5-7-15/h4-11,18H,3,12-13H2,1-2H3,(H2,21,22,25). The van der Waals surface area contributed by atoms with Gasteiger partial charge in [-0.25, -0.2) is 4.79 Å². The lowest BCUT2D eigenvalue weighted by Crippen LogP contribution is -2.39. The van der Waals surface area contributed by atoms with Crippen LogP contribution in [0.2, 0.25) is 0 Å². The smallest absolute Gasteiger partial charge is 0.319 e. The first-order valence-electron chi connectivity index (χ1n) is 8.57. The molecule has 0 saturated carbocycles. The van der Waals surface area contributed by atoms with Crippen molar-refractivity contribution in [2.75, 3.05) is 18.4 Å². The molecule has 3 rings (SSSR count). The molecule has 25 heavy (non-hydrogen) atoms. The molecule has 2 aromatic carbocycles. The maximum absolute atomic E-state index is 12.1. The maximum Gasteiger partial charge on any atom is 0.319 e. The third-order valence-corrected chi connectivity index (χ3v) is 4.46. The van der Waals surface area contributed by atoms with Crippen LogP contribution in [0.25, 0.3) is 11.1 Å². The second-order valence-corrected chi connectivity index (χ2v) is 6.38. The van der Waals surface area contributed by atoms with Crippen LogP contribution >= 0.6 is 0 Å². The highest BCUT2D eigenvalue weighted by Crippen LogP contribution is 2.22. The van der Waals surface area contributed by atoms with E-state index < -0.39 is 0 Å². The fourth-order valence-electron chi connectivity index (χ4n) is 3.02. The molecule has 0 radical (unpaired) electrons. The zero-order chi connectivity index (χ0) is 17.8. The highest BCUT2D eigenvalue weighted by Gasteiger charge is 2.29. The summed E-state index contributed by atoms with van der Waals surface area (Å²) in [5.41, 5.74) is 4.20. The SMILES string of the molecule is CCN1CC(NC(=O)Nc2ccc(-c3ccc(C)cc3)cc2)CC1=O. The first-order valence-corrected chi connectivity index (χ1v) is 8.57. The normalized spacial score (nSPS) is 16.8. The molecule has 1 aliphatic rings. The molecule has 0 spiro atoms. The molecular formula is C20H23N3O2. The van der Waals surface area contributed by atoms with Gasteiger partial charge in [-0.05, 0) is 37.1 Å². The lowest BCUT2D eigenvalue weighted by molar-refractivity contribution is -0.127. The van der Waals surface area contributed by atoms with Crippen LogP contribution in [0, 0.1) is 6.92 Å². The molecule has 1 unspecified atom stereocenters. The Hall–Kier alpha value is -2.82. The number of hydrogen-bond donors (Lipinski definition) is 2. The van der Waals surface area contributed by atoms with Crippen molar-refractivity contribution in [3.63, 3.8) is 0 Å². The fourth-order valence-corrected chi connectivity index (χ4v) is 3.02. The Labute approximate surface area is 148 Å². The van der Waals surface area contributed by atoms with Gasteiger partial charge in [0.1, 0.15) is 0 Å². The summed E-state index contributed by atoms with van der Waals surface area (Å²) in [4.78, 5) is 25.6. The Balaban J connectivity index is 1.57. The first-order chi connectivity index (χ1) is 12.0. The van der Waals surface area contributed by atoms with Crippen molar-refractivity contribution < 1.29 is 9.59 Å². The number of hydrogen-bond acceptors (Lipinski definition) is 2. The van der Waals surface area contributed by atoms with E-state index in [1.165, 1.54) is 5.56 Å². The van der Waals surface area contributed by atoms with Crippen LogP contribution in [0.5, 0.6) is 0 Å². The molecule has 5 heteroatoms. The largest absolute Gasteiger partial charge is 0.341 e. The molecule has 1 fully saturated rings. The predicted octanol–water partition coefficient (Wildman–Crippen LogP) is 3.40. The number of anilines is 1. The Kier molecular flexibility index (Phi) is 5.03. The molecule has 130 valence electrons. The summed E-state index contributed by atoms with van der Waals surface area (Å²) in [6, 6.07) is 15.7. The van der Waals surface area contributed by atoms with Gasteiger partial charge in [-0.2, -0.15) is 0 Å². The number of rotatable bonds is 4. The predicted molar refractivity (Wildman–Crippen MR) is 99.4 cm³/mol. The summed E-state index contributed by atoms with van der Waals surface area (Å²) < 4.78 is 0. The second kappa shape index (κ2) is 7.38. The van der Waals surface area contributed by atoms with Crippen molar-refractivity contribution in [3.8, 4) is 11.1 Å². The zero-order valence-corrected chi connectivity index (χ0v) is 14.6. The lowest BCUT2D eigenvalue weighted by atomic mass is 10.0. The summed E-state index contributed by atoms with van der Waals surface area (Å²) in [5, 5.41) is 5.69. The van der Waals surface area contributed by atoms with E-state index in [1.54, 1.807) is 4.90 Å². The average molecular weight is 337 g/mol. The van der Waals surface area contributed by atoms with E-state index in [2.05, 4.69) is 41.8 Å². The van der Waals surface area contributed by atoms with Crippen molar-refractivity contribution in [2.45, 2.75) is 26.3 Å². The van der Waals surface area contributed by atoms with Gasteiger partial charge >= 0.3 is 6.03 Å². The second-order valence-electron chi connectivity index (χ2n) is 6.38. The Morgan fingerprint density at radius 3 is 2.24 bits per heavy atom. The molecular weight excluding hydrogens is 314 g/mol. The van der Waals surface area contributed by atoms with Gasteiger partial charge in [-0.1, -0.05) is 42.0 Å². The van der Waals surface area contributed by atoms with Crippen molar-refractivity contribution in [1.29, 1.82) is 0 Å². The number of nitrogens with one attached hydrogen (secondary N) is 2. The number of amides is 3. The number of carbonyl (C=O) groups is 2. The molecule has 5 nitrogen and oxygen atoms in total. The van der Waals surface area contributed by atoms with Crippen molar-refractivity contribution in [3.05, 3.63) is 54.1 Å². The van der Waals surface area contributed by atoms with E-state index in [1.807, 2.05) is 31.2 Å². The number of likely N-dealkylation sites (N-methyl/N-ethyl adjacent to an activating group) is 1. The Bertz CT molecular complexity index is 754. The van der Waals surface area contributed by atoms with Crippen molar-refractivity contribution in [2.24, 2.45) is 0 Å². The molecule has 1 atom stereocenters. The van der Waals surface area contributed by atoms with Gasteiger partial charge in [-0.3, -0.25) is 4.79 Å². The highest BCUT2D eigenvalue weighted by atomic mass is 16.2. The summed E-state index contributed by atoms with van der Waals surface area (Å²) in [6.07, 6.45) is 0.369. The molecule has 0 aromatic heterocycles. The molecule has 0 bridgehead atoms. The van der Waals surface area contributed by atoms with Crippen molar-refractivity contribution in [1.82, 2.24) is 10.2 Å². The van der Waals surface area contributed by atoms with E-state index >= 15 is 0 Å². The maximum atomic E-state index is 12.1. The number of benzene rings is 2. The minimum absolute atomic E-state index is 0.0928. The summed E-state index contributed by atoms with van der Waals surface area (Å²) in [6.45, 7) is 5.26. The molecule has 1 aliphatic heterocycles. The topological polar surface area (TPSA) is 61.4 Å². The van der Waals surface area contributed by atoms with Gasteiger partial charge in [0.25, 0.3) is 0 Å². The molecule has 1 heterocycles. The number of carbonyl (C=O) groups excluding carboxylic acids is 2. The quantitative estimate of drug-likeness (QED) is 0.898. The van der Waals surface area contributed by atoms with E-state index in [4.69, 9.17) is 0 Å². The first kappa shape index (κ1) is 17.0. The summed E-state index contributed by atoms with van der Waals surface area (Å²) in [7, 11) is 0. The minimum Gasteiger partial charge on any atom is -0.341 e. The van der Waals surface area contributed by atoms with E-state index in [0.29, 0.717) is 19.5 Å². The van der Waals surface area contributed by atoms with Gasteiger partial charge in [0, 0.05) is 25.2 Å². The van der Waals surface area contributed by atoms with E-state index in [-0.39, 0.29) is 18.0 Å². The van der Waals surface area contributed by atoms with Gasteiger partial charge in [0.05, 0.1) is 6.04 Å². The average Bonchev–Trinajstić information content (AvgIpc) is 2.95. The number of nitrogens with zero attached hydrogens (tertiary/aromatic N) is 1. The number of urea groups is 1. The monoisotopic (exact) mass is 337 g/mol. The van der Waals surface area contributed by atoms with Crippen LogP contribution in [0.3, 0.4) is 0 Å². The molecule has 2 N–H and O–H groups in total. The molecule has 2 aromatic rings. The molecule has 0 aliphatic carbocycles. The van der Waals surface area contributed by atoms with Crippen LogP contribution in [-0.4, -0.2) is 36.0 Å². The van der Waals surface area contributed by atoms with Gasteiger partial charge in [-0.15, -0.1) is 0 Å².